The molecule has 0 saturated heterocycles. The van der Waals surface area contributed by atoms with Crippen molar-refractivity contribution in [3.8, 4) is 0 Å². The summed E-state index contributed by atoms with van der Waals surface area (Å²) < 4.78 is 6.48. The Bertz CT molecular complexity index is 667. The van der Waals surface area contributed by atoms with Gasteiger partial charge < -0.3 is 14.6 Å². The van der Waals surface area contributed by atoms with Crippen molar-refractivity contribution in [2.24, 2.45) is 7.05 Å². The van der Waals surface area contributed by atoms with Crippen molar-refractivity contribution in [3.63, 3.8) is 0 Å². The van der Waals surface area contributed by atoms with Gasteiger partial charge in [0.2, 0.25) is 0 Å². The van der Waals surface area contributed by atoms with Gasteiger partial charge in [-0.1, -0.05) is 23.7 Å². The smallest absolute Gasteiger partial charge is 0.396 e. The Labute approximate surface area is 133 Å². The van der Waals surface area contributed by atoms with Crippen LogP contribution in [0, 0.1) is 0 Å². The van der Waals surface area contributed by atoms with Crippen molar-refractivity contribution in [1.29, 1.82) is 0 Å². The van der Waals surface area contributed by atoms with E-state index in [0.717, 1.165) is 5.56 Å². The summed E-state index contributed by atoms with van der Waals surface area (Å²) in [4.78, 5) is 27.7. The molecule has 1 amide bonds. The Morgan fingerprint density at radius 1 is 1.36 bits per heavy atom. The number of nitrogens with one attached hydrogen (secondary N) is 1. The van der Waals surface area contributed by atoms with Crippen LogP contribution < -0.4 is 5.32 Å². The summed E-state index contributed by atoms with van der Waals surface area (Å²) >= 11 is 5.89. The van der Waals surface area contributed by atoms with Crippen LogP contribution >= 0.6 is 11.6 Å². The standard InChI is InChI=1S/C15H16ClN3O3/c1-3-22-15(21)14(20)18-12(13-17-8-9-19(13)2)10-4-6-11(16)7-5-10/h4-9,12H,3H2,1-2H3,(H,18,20). The molecule has 0 aliphatic heterocycles. The molecule has 1 atom stereocenters. The number of carbonyl (C=O) groups excluding carboxylic acids is 2. The second-order valence-electron chi connectivity index (χ2n) is 4.57. The van der Waals surface area contributed by atoms with E-state index in [2.05, 4.69) is 10.3 Å². The van der Waals surface area contributed by atoms with Crippen LogP contribution in [0.25, 0.3) is 0 Å². The van der Waals surface area contributed by atoms with Gasteiger partial charge in [0.15, 0.2) is 0 Å². The quantitative estimate of drug-likeness (QED) is 0.689. The molecule has 0 bridgehead atoms. The summed E-state index contributed by atoms with van der Waals surface area (Å²) in [5.41, 5.74) is 0.761. The van der Waals surface area contributed by atoms with E-state index < -0.39 is 17.9 Å². The fraction of sp³-hybridized carbons (Fsp3) is 0.267. The number of rotatable bonds is 4. The van der Waals surface area contributed by atoms with Gasteiger partial charge in [-0.25, -0.2) is 9.78 Å². The first-order valence-electron chi connectivity index (χ1n) is 6.73. The van der Waals surface area contributed by atoms with Crippen molar-refractivity contribution < 1.29 is 14.3 Å². The first-order chi connectivity index (χ1) is 10.5. The summed E-state index contributed by atoms with van der Waals surface area (Å²) in [5, 5.41) is 3.22. The van der Waals surface area contributed by atoms with E-state index in [1.54, 1.807) is 48.1 Å². The van der Waals surface area contributed by atoms with E-state index in [1.165, 1.54) is 0 Å². The summed E-state index contributed by atoms with van der Waals surface area (Å²) in [6, 6.07) is 6.39. The number of aromatic nitrogens is 2. The maximum Gasteiger partial charge on any atom is 0.396 e. The number of ether oxygens (including phenoxy) is 1. The average molecular weight is 322 g/mol. The highest BCUT2D eigenvalue weighted by Gasteiger charge is 2.24. The number of nitrogens with zero attached hydrogens (tertiary/aromatic N) is 2. The van der Waals surface area contributed by atoms with Crippen LogP contribution in [-0.4, -0.2) is 28.0 Å². The van der Waals surface area contributed by atoms with Crippen LogP contribution in [-0.2, 0) is 21.4 Å². The zero-order valence-corrected chi connectivity index (χ0v) is 13.0. The predicted octanol–water partition coefficient (Wildman–Crippen LogP) is 1.84. The number of esters is 1. The molecule has 2 aromatic rings. The Kier molecular flexibility index (Phi) is 5.16. The maximum atomic E-state index is 11.9. The Balaban J connectivity index is 2.30. The number of hydrogen-bond donors (Lipinski definition) is 1. The first-order valence-corrected chi connectivity index (χ1v) is 7.11. The molecule has 2 rings (SSSR count). The van der Waals surface area contributed by atoms with Crippen molar-refractivity contribution in [2.75, 3.05) is 6.61 Å². The number of amides is 1. The van der Waals surface area contributed by atoms with Gasteiger partial charge in [-0.2, -0.15) is 0 Å². The number of aryl methyl sites for hydroxylation is 1. The molecule has 22 heavy (non-hydrogen) atoms. The van der Waals surface area contributed by atoms with Crippen molar-refractivity contribution in [3.05, 3.63) is 53.1 Å². The lowest BCUT2D eigenvalue weighted by molar-refractivity contribution is -0.154. The highest BCUT2D eigenvalue weighted by atomic mass is 35.5. The Hall–Kier alpha value is -2.34. The molecule has 0 spiro atoms. The van der Waals surface area contributed by atoms with Gasteiger partial charge in [-0.15, -0.1) is 0 Å². The van der Waals surface area contributed by atoms with Crippen LogP contribution in [0.2, 0.25) is 5.02 Å². The second kappa shape index (κ2) is 7.09. The van der Waals surface area contributed by atoms with Gasteiger partial charge >= 0.3 is 11.9 Å². The third-order valence-electron chi connectivity index (χ3n) is 3.06. The second-order valence-corrected chi connectivity index (χ2v) is 5.01. The van der Waals surface area contributed by atoms with Crippen LogP contribution in [0.5, 0.6) is 0 Å². The molecule has 1 aromatic carbocycles. The van der Waals surface area contributed by atoms with Crippen LogP contribution in [0.4, 0.5) is 0 Å². The molecule has 0 aliphatic carbocycles. The zero-order valence-electron chi connectivity index (χ0n) is 12.2. The summed E-state index contributed by atoms with van der Waals surface area (Å²) in [6.07, 6.45) is 3.38. The lowest BCUT2D eigenvalue weighted by Crippen LogP contribution is -2.37. The topological polar surface area (TPSA) is 73.2 Å². The number of imidazole rings is 1. The number of carbonyl (C=O) groups is 2. The highest BCUT2D eigenvalue weighted by Crippen LogP contribution is 2.22. The number of halogens is 1. The van der Waals surface area contributed by atoms with E-state index in [0.29, 0.717) is 10.8 Å². The van der Waals surface area contributed by atoms with Gasteiger partial charge in [0, 0.05) is 24.5 Å². The minimum atomic E-state index is -0.921. The predicted molar refractivity (Wildman–Crippen MR) is 81.3 cm³/mol. The molecule has 0 radical (unpaired) electrons. The molecule has 116 valence electrons. The Morgan fingerprint density at radius 2 is 2.05 bits per heavy atom. The highest BCUT2D eigenvalue weighted by molar-refractivity contribution is 6.32. The minimum absolute atomic E-state index is 0.139. The van der Waals surface area contributed by atoms with E-state index in [-0.39, 0.29) is 6.61 Å². The van der Waals surface area contributed by atoms with Crippen molar-refractivity contribution in [1.82, 2.24) is 14.9 Å². The molecule has 1 N–H and O–H groups in total. The van der Waals surface area contributed by atoms with E-state index >= 15 is 0 Å². The number of hydrogen-bond acceptors (Lipinski definition) is 4. The normalized spacial score (nSPS) is 11.8. The van der Waals surface area contributed by atoms with Crippen LogP contribution in [0.3, 0.4) is 0 Å². The third-order valence-corrected chi connectivity index (χ3v) is 3.31. The SMILES string of the molecule is CCOC(=O)C(=O)NC(c1ccc(Cl)cc1)c1nccn1C. The molecule has 7 heteroatoms. The average Bonchev–Trinajstić information content (AvgIpc) is 2.92. The Morgan fingerprint density at radius 3 is 2.59 bits per heavy atom. The summed E-state index contributed by atoms with van der Waals surface area (Å²) in [6.45, 7) is 1.78. The van der Waals surface area contributed by atoms with Gasteiger partial charge in [0.25, 0.3) is 0 Å². The van der Waals surface area contributed by atoms with Crippen LogP contribution in [0.1, 0.15) is 24.4 Å². The van der Waals surface area contributed by atoms with Gasteiger partial charge in [-0.3, -0.25) is 4.79 Å². The molecule has 0 aliphatic rings. The van der Waals surface area contributed by atoms with Crippen LogP contribution in [0.15, 0.2) is 36.7 Å². The molecular weight excluding hydrogens is 306 g/mol. The summed E-state index contributed by atoms with van der Waals surface area (Å²) in [7, 11) is 1.81. The fourth-order valence-corrected chi connectivity index (χ4v) is 2.12. The van der Waals surface area contributed by atoms with E-state index in [9.17, 15) is 9.59 Å². The van der Waals surface area contributed by atoms with Crippen molar-refractivity contribution in [2.45, 2.75) is 13.0 Å². The first kappa shape index (κ1) is 16.0. The van der Waals surface area contributed by atoms with Gasteiger partial charge in [0.1, 0.15) is 11.9 Å². The molecule has 0 fully saturated rings. The van der Waals surface area contributed by atoms with E-state index in [4.69, 9.17) is 16.3 Å². The zero-order chi connectivity index (χ0) is 16.1. The fourth-order valence-electron chi connectivity index (χ4n) is 1.99. The van der Waals surface area contributed by atoms with Crippen molar-refractivity contribution >= 4 is 23.5 Å². The molecular formula is C15H16ClN3O3. The molecule has 0 saturated carbocycles. The van der Waals surface area contributed by atoms with Gasteiger partial charge in [-0.05, 0) is 24.6 Å². The maximum absolute atomic E-state index is 11.9. The lowest BCUT2D eigenvalue weighted by Gasteiger charge is -2.18. The minimum Gasteiger partial charge on any atom is -0.459 e. The molecule has 1 unspecified atom stereocenters. The van der Waals surface area contributed by atoms with E-state index in [1.807, 2.05) is 7.05 Å². The molecule has 6 nitrogen and oxygen atoms in total. The van der Waals surface area contributed by atoms with Gasteiger partial charge in [0.05, 0.1) is 6.61 Å². The molecule has 1 heterocycles. The summed E-state index contributed by atoms with van der Waals surface area (Å²) in [5.74, 6) is -1.14. The monoisotopic (exact) mass is 321 g/mol. The third kappa shape index (κ3) is 3.65. The lowest BCUT2D eigenvalue weighted by atomic mass is 10.1. The number of benzene rings is 1. The largest absolute Gasteiger partial charge is 0.459 e. The molecule has 1 aromatic heterocycles.